The van der Waals surface area contributed by atoms with Gasteiger partial charge < -0.3 is 18.6 Å². The van der Waals surface area contributed by atoms with Crippen LogP contribution in [0.15, 0.2) is 137 Å². The molecule has 0 N–H and O–H groups in total. The molecule has 0 fully saturated rings. The van der Waals surface area contributed by atoms with Gasteiger partial charge in [0.2, 0.25) is 0 Å². The summed E-state index contributed by atoms with van der Waals surface area (Å²) in [7, 11) is 1.64. The van der Waals surface area contributed by atoms with Gasteiger partial charge in [0.25, 0.3) is 0 Å². The number of rotatable bonds is 9. The minimum absolute atomic E-state index is 0.118. The van der Waals surface area contributed by atoms with Crippen LogP contribution in [0.5, 0.6) is 17.2 Å². The first kappa shape index (κ1) is 26.0. The van der Waals surface area contributed by atoms with Crippen molar-refractivity contribution in [2.75, 3.05) is 7.11 Å². The number of fused-ring (bicyclic) bond motifs is 1. The summed E-state index contributed by atoms with van der Waals surface area (Å²) in [6.45, 7) is 0.783. The SMILES string of the molecule is COc1ccc(-c2ccc3oc(-c4ccc(OCc5ccccc5)c(OCc5ccccc5)c4)cc(=O)c3c2)cc1. The molecule has 0 atom stereocenters. The molecular weight excluding hydrogens is 512 g/mol. The van der Waals surface area contributed by atoms with Crippen LogP contribution in [0.4, 0.5) is 0 Å². The lowest BCUT2D eigenvalue weighted by molar-refractivity contribution is 0.256. The maximum absolute atomic E-state index is 13.2. The quantitative estimate of drug-likeness (QED) is 0.185. The number of benzene rings is 5. The summed E-state index contributed by atoms with van der Waals surface area (Å²) in [6.07, 6.45) is 0. The molecule has 5 aromatic carbocycles. The van der Waals surface area contributed by atoms with Crippen molar-refractivity contribution in [3.05, 3.63) is 149 Å². The van der Waals surface area contributed by atoms with Gasteiger partial charge in [-0.15, -0.1) is 0 Å². The Hall–Kier alpha value is -5.29. The first-order valence-corrected chi connectivity index (χ1v) is 13.4. The van der Waals surface area contributed by atoms with E-state index in [1.807, 2.05) is 121 Å². The molecular formula is C36H28O5. The second-order valence-corrected chi connectivity index (χ2v) is 9.62. The smallest absolute Gasteiger partial charge is 0.193 e. The summed E-state index contributed by atoms with van der Waals surface area (Å²) in [6, 6.07) is 40.4. The predicted octanol–water partition coefficient (Wildman–Crippen LogP) is 8.29. The topological polar surface area (TPSA) is 57.9 Å². The maximum atomic E-state index is 13.2. The van der Waals surface area contributed by atoms with Crippen molar-refractivity contribution in [3.63, 3.8) is 0 Å². The number of methoxy groups -OCH3 is 1. The molecule has 0 aliphatic heterocycles. The van der Waals surface area contributed by atoms with Gasteiger partial charge in [-0.1, -0.05) is 78.9 Å². The molecule has 0 spiro atoms. The third-order valence-corrected chi connectivity index (χ3v) is 6.85. The van der Waals surface area contributed by atoms with E-state index in [4.69, 9.17) is 18.6 Å². The Balaban J connectivity index is 1.32. The van der Waals surface area contributed by atoms with Crippen LogP contribution >= 0.6 is 0 Å². The van der Waals surface area contributed by atoms with Gasteiger partial charge in [-0.2, -0.15) is 0 Å². The molecule has 0 bridgehead atoms. The van der Waals surface area contributed by atoms with E-state index in [1.165, 1.54) is 6.07 Å². The summed E-state index contributed by atoms with van der Waals surface area (Å²) in [5.41, 5.74) is 5.13. The molecule has 0 radical (unpaired) electrons. The average Bonchev–Trinajstić information content (AvgIpc) is 3.04. The van der Waals surface area contributed by atoms with Crippen LogP contribution in [0.1, 0.15) is 11.1 Å². The second kappa shape index (κ2) is 11.8. The Kier molecular flexibility index (Phi) is 7.50. The van der Waals surface area contributed by atoms with Crippen LogP contribution in [0.25, 0.3) is 33.4 Å². The molecule has 0 unspecified atom stereocenters. The highest BCUT2D eigenvalue weighted by Crippen LogP contribution is 2.35. The Bertz CT molecular complexity index is 1820. The maximum Gasteiger partial charge on any atom is 0.193 e. The van der Waals surface area contributed by atoms with Gasteiger partial charge >= 0.3 is 0 Å². The van der Waals surface area contributed by atoms with E-state index >= 15 is 0 Å². The van der Waals surface area contributed by atoms with Crippen LogP contribution in [0.3, 0.4) is 0 Å². The first-order valence-electron chi connectivity index (χ1n) is 13.4. The lowest BCUT2D eigenvalue weighted by atomic mass is 10.0. The van der Waals surface area contributed by atoms with E-state index in [9.17, 15) is 4.79 Å². The normalized spacial score (nSPS) is 10.9. The minimum atomic E-state index is -0.118. The van der Waals surface area contributed by atoms with Crippen molar-refractivity contribution in [1.29, 1.82) is 0 Å². The molecule has 202 valence electrons. The molecule has 41 heavy (non-hydrogen) atoms. The molecule has 5 heteroatoms. The average molecular weight is 541 g/mol. The predicted molar refractivity (Wildman–Crippen MR) is 161 cm³/mol. The van der Waals surface area contributed by atoms with Crippen molar-refractivity contribution in [3.8, 4) is 39.7 Å². The fourth-order valence-electron chi connectivity index (χ4n) is 4.63. The molecule has 1 aromatic heterocycles. The molecule has 0 amide bonds. The molecule has 0 saturated heterocycles. The van der Waals surface area contributed by atoms with Crippen molar-refractivity contribution in [2.24, 2.45) is 0 Å². The molecule has 1 heterocycles. The molecule has 6 rings (SSSR count). The van der Waals surface area contributed by atoms with Crippen LogP contribution < -0.4 is 19.6 Å². The molecule has 5 nitrogen and oxygen atoms in total. The van der Waals surface area contributed by atoms with Crippen molar-refractivity contribution in [1.82, 2.24) is 0 Å². The van der Waals surface area contributed by atoms with Gasteiger partial charge in [0.1, 0.15) is 30.3 Å². The highest BCUT2D eigenvalue weighted by atomic mass is 16.5. The Morgan fingerprint density at radius 2 is 1.20 bits per heavy atom. The largest absolute Gasteiger partial charge is 0.497 e. The number of hydrogen-bond donors (Lipinski definition) is 0. The van der Waals surface area contributed by atoms with E-state index in [0.29, 0.717) is 41.4 Å². The van der Waals surface area contributed by atoms with Gasteiger partial charge in [0.15, 0.2) is 16.9 Å². The third kappa shape index (κ3) is 5.99. The zero-order chi connectivity index (χ0) is 28.0. The van der Waals surface area contributed by atoms with Crippen LogP contribution in [-0.4, -0.2) is 7.11 Å². The Morgan fingerprint density at radius 3 is 1.85 bits per heavy atom. The standard InChI is InChI=1S/C36H28O5/c1-38-30-16-12-27(13-17-30)28-14-18-33-31(20-28)32(37)22-35(41-33)29-15-19-34(39-23-25-8-4-2-5-9-25)36(21-29)40-24-26-10-6-3-7-11-26/h2-22H,23-24H2,1H3. The summed E-state index contributed by atoms with van der Waals surface area (Å²) >= 11 is 0. The Morgan fingerprint density at radius 1 is 0.585 bits per heavy atom. The van der Waals surface area contributed by atoms with Crippen molar-refractivity contribution >= 4 is 11.0 Å². The first-order chi connectivity index (χ1) is 20.2. The number of hydrogen-bond acceptors (Lipinski definition) is 5. The van der Waals surface area contributed by atoms with Crippen LogP contribution in [0.2, 0.25) is 0 Å². The van der Waals surface area contributed by atoms with E-state index in [1.54, 1.807) is 7.11 Å². The number of ether oxygens (including phenoxy) is 3. The minimum Gasteiger partial charge on any atom is -0.497 e. The molecule has 6 aromatic rings. The third-order valence-electron chi connectivity index (χ3n) is 6.85. The Labute approximate surface area is 238 Å². The fraction of sp³-hybridized carbons (Fsp3) is 0.0833. The molecule has 0 saturated carbocycles. The van der Waals surface area contributed by atoms with Crippen LogP contribution in [-0.2, 0) is 13.2 Å². The van der Waals surface area contributed by atoms with E-state index in [2.05, 4.69) is 0 Å². The molecule has 0 aliphatic carbocycles. The van der Waals surface area contributed by atoms with Crippen molar-refractivity contribution < 1.29 is 18.6 Å². The monoisotopic (exact) mass is 540 g/mol. The van der Waals surface area contributed by atoms with Gasteiger partial charge in [-0.05, 0) is 64.7 Å². The van der Waals surface area contributed by atoms with Crippen molar-refractivity contribution in [2.45, 2.75) is 13.2 Å². The summed E-state index contributed by atoms with van der Waals surface area (Å²) in [4.78, 5) is 13.2. The highest BCUT2D eigenvalue weighted by molar-refractivity contribution is 5.84. The zero-order valence-corrected chi connectivity index (χ0v) is 22.6. The fourth-order valence-corrected chi connectivity index (χ4v) is 4.63. The van der Waals surface area contributed by atoms with Crippen LogP contribution in [0, 0.1) is 0 Å². The van der Waals surface area contributed by atoms with E-state index in [0.717, 1.165) is 33.6 Å². The van der Waals surface area contributed by atoms with E-state index in [-0.39, 0.29) is 5.43 Å². The van der Waals surface area contributed by atoms with Gasteiger partial charge in [0, 0.05) is 11.6 Å². The molecule has 0 aliphatic rings. The second-order valence-electron chi connectivity index (χ2n) is 9.62. The van der Waals surface area contributed by atoms with E-state index < -0.39 is 0 Å². The van der Waals surface area contributed by atoms with Gasteiger partial charge in [-0.25, -0.2) is 0 Å². The highest BCUT2D eigenvalue weighted by Gasteiger charge is 2.13. The lowest BCUT2D eigenvalue weighted by Crippen LogP contribution is -2.02. The lowest BCUT2D eigenvalue weighted by Gasteiger charge is -2.15. The zero-order valence-electron chi connectivity index (χ0n) is 22.6. The van der Waals surface area contributed by atoms with Gasteiger partial charge in [0.05, 0.1) is 12.5 Å². The summed E-state index contributed by atoms with van der Waals surface area (Å²) in [5, 5.41) is 0.519. The summed E-state index contributed by atoms with van der Waals surface area (Å²) in [5.74, 6) is 2.42. The summed E-state index contributed by atoms with van der Waals surface area (Å²) < 4.78 is 23.8. The van der Waals surface area contributed by atoms with Gasteiger partial charge in [-0.3, -0.25) is 4.79 Å².